The first-order valence-electron chi connectivity index (χ1n) is 6.05. The molecular formula is C12H12N6OS2. The van der Waals surface area contributed by atoms with Crippen molar-refractivity contribution < 1.29 is 4.79 Å². The zero-order valence-corrected chi connectivity index (χ0v) is 12.7. The number of hydrogen-bond acceptors (Lipinski definition) is 7. The molecule has 2 aromatic heterocycles. The number of nitrogens with zero attached hydrogens (tertiary/aromatic N) is 4. The molecule has 1 aromatic carbocycles. The van der Waals surface area contributed by atoms with E-state index in [1.165, 1.54) is 23.1 Å². The SMILES string of the molecule is CSc1nnc(N)n1CC(=O)Nc1nc2ccccc2s1. The molecule has 3 aromatic rings. The number of carbonyl (C=O) groups excluding carboxylic acids is 1. The Morgan fingerprint density at radius 1 is 1.43 bits per heavy atom. The van der Waals surface area contributed by atoms with Gasteiger partial charge in [0.2, 0.25) is 11.9 Å². The van der Waals surface area contributed by atoms with Crippen LogP contribution in [0.3, 0.4) is 0 Å². The molecule has 0 fully saturated rings. The Labute approximate surface area is 128 Å². The van der Waals surface area contributed by atoms with Crippen LogP contribution in [0, 0.1) is 0 Å². The van der Waals surface area contributed by atoms with Gasteiger partial charge in [-0.3, -0.25) is 9.36 Å². The maximum absolute atomic E-state index is 12.1. The van der Waals surface area contributed by atoms with Crippen LogP contribution in [0.2, 0.25) is 0 Å². The molecule has 0 aliphatic heterocycles. The lowest BCUT2D eigenvalue weighted by Gasteiger charge is -2.05. The first-order chi connectivity index (χ1) is 10.2. The number of fused-ring (bicyclic) bond motifs is 1. The van der Waals surface area contributed by atoms with Crippen molar-refractivity contribution in [2.45, 2.75) is 11.7 Å². The summed E-state index contributed by atoms with van der Waals surface area (Å²) in [6.07, 6.45) is 1.85. The minimum atomic E-state index is -0.212. The molecule has 1 amide bonds. The summed E-state index contributed by atoms with van der Waals surface area (Å²) < 4.78 is 2.59. The van der Waals surface area contributed by atoms with Crippen LogP contribution in [0.4, 0.5) is 11.1 Å². The van der Waals surface area contributed by atoms with Crippen molar-refractivity contribution in [2.75, 3.05) is 17.3 Å². The molecule has 3 N–H and O–H groups in total. The third-order valence-electron chi connectivity index (χ3n) is 2.77. The number of hydrogen-bond donors (Lipinski definition) is 2. The van der Waals surface area contributed by atoms with Crippen LogP contribution in [0.1, 0.15) is 0 Å². The van der Waals surface area contributed by atoms with E-state index in [1.807, 2.05) is 30.5 Å². The van der Waals surface area contributed by atoms with Crippen LogP contribution in [0.5, 0.6) is 0 Å². The van der Waals surface area contributed by atoms with E-state index in [4.69, 9.17) is 5.73 Å². The van der Waals surface area contributed by atoms with Gasteiger partial charge < -0.3 is 11.1 Å². The summed E-state index contributed by atoms with van der Waals surface area (Å²) in [5.74, 6) is 0.00894. The third kappa shape index (κ3) is 2.83. The van der Waals surface area contributed by atoms with E-state index in [-0.39, 0.29) is 18.4 Å². The Kier molecular flexibility index (Phi) is 3.76. The molecule has 3 rings (SSSR count). The van der Waals surface area contributed by atoms with Gasteiger partial charge in [0.05, 0.1) is 10.2 Å². The number of rotatable bonds is 4. The van der Waals surface area contributed by atoms with Gasteiger partial charge in [-0.2, -0.15) is 0 Å². The highest BCUT2D eigenvalue weighted by Crippen LogP contribution is 2.25. The first kappa shape index (κ1) is 13.8. The van der Waals surface area contributed by atoms with E-state index < -0.39 is 0 Å². The van der Waals surface area contributed by atoms with Gasteiger partial charge in [-0.05, 0) is 18.4 Å². The minimum Gasteiger partial charge on any atom is -0.368 e. The van der Waals surface area contributed by atoms with E-state index >= 15 is 0 Å². The fourth-order valence-corrected chi connectivity index (χ4v) is 3.21. The van der Waals surface area contributed by atoms with Crippen molar-refractivity contribution in [1.29, 1.82) is 0 Å². The molecule has 108 valence electrons. The molecule has 21 heavy (non-hydrogen) atoms. The molecule has 0 bridgehead atoms. The van der Waals surface area contributed by atoms with Crippen LogP contribution < -0.4 is 11.1 Å². The number of nitrogens with one attached hydrogen (secondary N) is 1. The van der Waals surface area contributed by atoms with Gasteiger partial charge in [0, 0.05) is 0 Å². The second kappa shape index (κ2) is 5.70. The number of aromatic nitrogens is 4. The summed E-state index contributed by atoms with van der Waals surface area (Å²) in [4.78, 5) is 16.4. The Morgan fingerprint density at radius 3 is 3.00 bits per heavy atom. The molecule has 0 saturated heterocycles. The molecule has 0 unspecified atom stereocenters. The number of thioether (sulfide) groups is 1. The zero-order valence-electron chi connectivity index (χ0n) is 11.1. The molecule has 2 heterocycles. The van der Waals surface area contributed by atoms with Crippen molar-refractivity contribution in [3.8, 4) is 0 Å². The number of anilines is 2. The molecule has 0 radical (unpaired) electrons. The standard InChI is InChI=1S/C12H12N6OS2/c1-20-12-17-16-10(13)18(12)6-9(19)15-11-14-7-4-2-3-5-8(7)21-11/h2-5H,6H2,1H3,(H2,13,16)(H,14,15,19). The molecule has 0 spiro atoms. The Bertz CT molecular complexity index is 763. The van der Waals surface area contributed by atoms with E-state index in [2.05, 4.69) is 20.5 Å². The van der Waals surface area contributed by atoms with Crippen molar-refractivity contribution in [3.63, 3.8) is 0 Å². The number of para-hydroxylation sites is 1. The predicted molar refractivity (Wildman–Crippen MR) is 84.5 cm³/mol. The summed E-state index contributed by atoms with van der Waals surface area (Å²) in [5.41, 5.74) is 6.57. The number of amides is 1. The van der Waals surface area contributed by atoms with Gasteiger partial charge in [-0.15, -0.1) is 10.2 Å². The van der Waals surface area contributed by atoms with Crippen molar-refractivity contribution >= 4 is 50.3 Å². The second-order valence-corrected chi connectivity index (χ2v) is 5.97. The fourth-order valence-electron chi connectivity index (χ4n) is 1.83. The molecule has 0 atom stereocenters. The number of nitrogen functional groups attached to an aromatic ring is 1. The topological polar surface area (TPSA) is 98.7 Å². The highest BCUT2D eigenvalue weighted by molar-refractivity contribution is 7.98. The summed E-state index contributed by atoms with van der Waals surface area (Å²) in [7, 11) is 0. The molecular weight excluding hydrogens is 308 g/mol. The molecule has 0 aliphatic rings. The van der Waals surface area contributed by atoms with E-state index in [9.17, 15) is 4.79 Å². The van der Waals surface area contributed by atoms with Gasteiger partial charge in [0.15, 0.2) is 10.3 Å². The van der Waals surface area contributed by atoms with Gasteiger partial charge in [-0.1, -0.05) is 35.2 Å². The summed E-state index contributed by atoms with van der Waals surface area (Å²) in [6.45, 7) is 0.0604. The lowest BCUT2D eigenvalue weighted by molar-refractivity contribution is -0.116. The summed E-state index contributed by atoms with van der Waals surface area (Å²) in [5, 5.41) is 11.6. The molecule has 7 nitrogen and oxygen atoms in total. The monoisotopic (exact) mass is 320 g/mol. The normalized spacial score (nSPS) is 10.9. The first-order valence-corrected chi connectivity index (χ1v) is 8.09. The average Bonchev–Trinajstić information content (AvgIpc) is 3.02. The van der Waals surface area contributed by atoms with Gasteiger partial charge >= 0.3 is 0 Å². The van der Waals surface area contributed by atoms with Crippen LogP contribution in [-0.4, -0.2) is 31.9 Å². The van der Waals surface area contributed by atoms with Crippen molar-refractivity contribution in [3.05, 3.63) is 24.3 Å². The summed E-state index contributed by atoms with van der Waals surface area (Å²) in [6, 6.07) is 7.72. The number of thiazole rings is 1. The smallest absolute Gasteiger partial charge is 0.246 e. The van der Waals surface area contributed by atoms with Gasteiger partial charge in [0.1, 0.15) is 6.54 Å². The van der Waals surface area contributed by atoms with E-state index in [1.54, 1.807) is 4.57 Å². The van der Waals surface area contributed by atoms with Gasteiger partial charge in [0.25, 0.3) is 0 Å². The molecule has 9 heteroatoms. The maximum Gasteiger partial charge on any atom is 0.246 e. The number of carbonyl (C=O) groups is 1. The van der Waals surface area contributed by atoms with Gasteiger partial charge in [-0.25, -0.2) is 4.98 Å². The molecule has 0 aliphatic carbocycles. The van der Waals surface area contributed by atoms with Crippen LogP contribution in [0.15, 0.2) is 29.4 Å². The van der Waals surface area contributed by atoms with E-state index in [0.29, 0.717) is 10.3 Å². The summed E-state index contributed by atoms with van der Waals surface area (Å²) >= 11 is 2.82. The Hall–Kier alpha value is -2.13. The van der Waals surface area contributed by atoms with Crippen LogP contribution in [-0.2, 0) is 11.3 Å². The minimum absolute atomic E-state index is 0.0604. The average molecular weight is 320 g/mol. The quantitative estimate of drug-likeness (QED) is 0.712. The highest BCUT2D eigenvalue weighted by atomic mass is 32.2. The van der Waals surface area contributed by atoms with E-state index in [0.717, 1.165) is 10.2 Å². The lowest BCUT2D eigenvalue weighted by atomic mass is 10.3. The fraction of sp³-hybridized carbons (Fsp3) is 0.167. The lowest BCUT2D eigenvalue weighted by Crippen LogP contribution is -2.20. The number of nitrogens with two attached hydrogens (primary N) is 1. The number of benzene rings is 1. The maximum atomic E-state index is 12.1. The van der Waals surface area contributed by atoms with Crippen molar-refractivity contribution in [2.24, 2.45) is 0 Å². The largest absolute Gasteiger partial charge is 0.368 e. The van der Waals surface area contributed by atoms with Crippen LogP contribution in [0.25, 0.3) is 10.2 Å². The second-order valence-electron chi connectivity index (χ2n) is 4.17. The third-order valence-corrected chi connectivity index (χ3v) is 4.39. The Balaban J connectivity index is 1.75. The van der Waals surface area contributed by atoms with Crippen LogP contribution >= 0.6 is 23.1 Å². The highest BCUT2D eigenvalue weighted by Gasteiger charge is 2.13. The van der Waals surface area contributed by atoms with Crippen molar-refractivity contribution in [1.82, 2.24) is 19.7 Å². The Morgan fingerprint density at radius 2 is 2.24 bits per heavy atom. The zero-order chi connectivity index (χ0) is 14.8. The molecule has 0 saturated carbocycles. The predicted octanol–water partition coefficient (Wildman–Crippen LogP) is 1.83.